The molecule has 0 atom stereocenters. The van der Waals surface area contributed by atoms with Crippen LogP contribution >= 0.6 is 23.7 Å². The van der Waals surface area contributed by atoms with Gasteiger partial charge in [0.2, 0.25) is 0 Å². The number of aryl methyl sites for hydroxylation is 1. The summed E-state index contributed by atoms with van der Waals surface area (Å²) in [6.07, 6.45) is 1.71. The molecule has 3 N–H and O–H groups in total. The largest absolute Gasteiger partial charge is 0.399 e. The van der Waals surface area contributed by atoms with Crippen LogP contribution in [0.1, 0.15) is 27.7 Å². The Labute approximate surface area is 129 Å². The average molecular weight is 311 g/mol. The minimum Gasteiger partial charge on any atom is -0.399 e. The summed E-state index contributed by atoms with van der Waals surface area (Å²) in [5.74, 6) is 0.0299. The molecular weight excluding hydrogens is 292 g/mol. The Morgan fingerprint density at radius 3 is 2.60 bits per heavy atom. The fourth-order valence-electron chi connectivity index (χ4n) is 1.90. The second-order valence-corrected chi connectivity index (χ2v) is 5.29. The molecule has 1 heterocycles. The van der Waals surface area contributed by atoms with Crippen LogP contribution in [0.3, 0.4) is 0 Å². The monoisotopic (exact) mass is 310 g/mol. The molecule has 108 valence electrons. The lowest BCUT2D eigenvalue weighted by atomic mass is 10.1. The van der Waals surface area contributed by atoms with Crippen molar-refractivity contribution in [2.75, 3.05) is 12.3 Å². The minimum atomic E-state index is 0. The van der Waals surface area contributed by atoms with Crippen LogP contribution in [0.25, 0.3) is 0 Å². The summed E-state index contributed by atoms with van der Waals surface area (Å²) in [4.78, 5) is 12.8. The van der Waals surface area contributed by atoms with Gasteiger partial charge >= 0.3 is 0 Å². The number of thiophene rings is 1. The molecule has 0 unspecified atom stereocenters. The smallest absolute Gasteiger partial charge is 0.261 e. The summed E-state index contributed by atoms with van der Waals surface area (Å²) in [6, 6.07) is 9.75. The molecule has 1 aromatic carbocycles. The highest BCUT2D eigenvalue weighted by molar-refractivity contribution is 7.12. The van der Waals surface area contributed by atoms with Crippen molar-refractivity contribution in [3.8, 4) is 0 Å². The van der Waals surface area contributed by atoms with Crippen LogP contribution in [0.5, 0.6) is 0 Å². The number of nitrogens with one attached hydrogen (secondary N) is 1. The molecule has 0 spiro atoms. The molecule has 20 heavy (non-hydrogen) atoms. The fourth-order valence-corrected chi connectivity index (χ4v) is 2.81. The van der Waals surface area contributed by atoms with Crippen molar-refractivity contribution in [1.82, 2.24) is 5.32 Å². The summed E-state index contributed by atoms with van der Waals surface area (Å²) in [5.41, 5.74) is 8.69. The number of hydrogen-bond donors (Lipinski definition) is 2. The molecule has 0 fully saturated rings. The maximum absolute atomic E-state index is 12.0. The van der Waals surface area contributed by atoms with E-state index in [0.29, 0.717) is 6.54 Å². The van der Waals surface area contributed by atoms with Crippen molar-refractivity contribution < 1.29 is 4.79 Å². The van der Waals surface area contributed by atoms with Crippen molar-refractivity contribution in [2.24, 2.45) is 0 Å². The highest BCUT2D eigenvalue weighted by Gasteiger charge is 2.10. The summed E-state index contributed by atoms with van der Waals surface area (Å²) in [6.45, 7) is 2.71. The topological polar surface area (TPSA) is 55.1 Å². The van der Waals surface area contributed by atoms with Crippen LogP contribution in [0.2, 0.25) is 0 Å². The summed E-state index contributed by atoms with van der Waals surface area (Å²) in [7, 11) is 0. The van der Waals surface area contributed by atoms with Gasteiger partial charge in [-0.15, -0.1) is 23.7 Å². The zero-order chi connectivity index (χ0) is 13.7. The fraction of sp³-hybridized carbons (Fsp3) is 0.267. The Kier molecular flexibility index (Phi) is 6.55. The van der Waals surface area contributed by atoms with Crippen LogP contribution in [0.15, 0.2) is 35.7 Å². The molecule has 0 aliphatic rings. The predicted molar refractivity (Wildman–Crippen MR) is 87.8 cm³/mol. The maximum atomic E-state index is 12.0. The van der Waals surface area contributed by atoms with Gasteiger partial charge in [0.25, 0.3) is 5.91 Å². The second-order valence-electron chi connectivity index (χ2n) is 4.38. The molecule has 0 bridgehead atoms. The van der Waals surface area contributed by atoms with Gasteiger partial charge in [-0.2, -0.15) is 0 Å². The molecule has 3 nitrogen and oxygen atoms in total. The van der Waals surface area contributed by atoms with Crippen LogP contribution in [0, 0.1) is 0 Å². The van der Waals surface area contributed by atoms with E-state index in [0.717, 1.165) is 29.0 Å². The van der Waals surface area contributed by atoms with Gasteiger partial charge in [0.1, 0.15) is 0 Å². The average Bonchev–Trinajstić information content (AvgIpc) is 2.89. The Bertz CT molecular complexity index is 551. The third-order valence-corrected chi connectivity index (χ3v) is 3.97. The number of benzene rings is 1. The number of amides is 1. The quantitative estimate of drug-likeness (QED) is 0.833. The van der Waals surface area contributed by atoms with Crippen molar-refractivity contribution in [3.05, 3.63) is 51.7 Å². The molecule has 0 aliphatic carbocycles. The van der Waals surface area contributed by atoms with E-state index < -0.39 is 0 Å². The highest BCUT2D eigenvalue weighted by Crippen LogP contribution is 2.17. The number of nitrogen functional groups attached to an aromatic ring is 1. The maximum Gasteiger partial charge on any atom is 0.261 e. The third-order valence-electron chi connectivity index (χ3n) is 3.01. The molecule has 0 radical (unpaired) electrons. The summed E-state index contributed by atoms with van der Waals surface area (Å²) >= 11 is 1.50. The van der Waals surface area contributed by atoms with Crippen LogP contribution in [0.4, 0.5) is 5.69 Å². The minimum absolute atomic E-state index is 0. The molecular formula is C15H19ClN2OS. The van der Waals surface area contributed by atoms with E-state index in [2.05, 4.69) is 12.2 Å². The van der Waals surface area contributed by atoms with Crippen molar-refractivity contribution >= 4 is 35.3 Å². The van der Waals surface area contributed by atoms with E-state index in [1.807, 2.05) is 35.7 Å². The number of hydrogen-bond acceptors (Lipinski definition) is 3. The van der Waals surface area contributed by atoms with Crippen LogP contribution < -0.4 is 11.1 Å². The van der Waals surface area contributed by atoms with E-state index in [9.17, 15) is 4.79 Å². The first kappa shape index (κ1) is 16.5. The van der Waals surface area contributed by atoms with Gasteiger partial charge in [0, 0.05) is 12.2 Å². The third kappa shape index (κ3) is 4.25. The number of nitrogens with two attached hydrogens (primary N) is 1. The Hall–Kier alpha value is -1.52. The lowest BCUT2D eigenvalue weighted by Crippen LogP contribution is -2.25. The molecule has 1 aromatic heterocycles. The van der Waals surface area contributed by atoms with Crippen molar-refractivity contribution in [3.63, 3.8) is 0 Å². The van der Waals surface area contributed by atoms with E-state index in [4.69, 9.17) is 5.73 Å². The van der Waals surface area contributed by atoms with E-state index >= 15 is 0 Å². The van der Waals surface area contributed by atoms with Gasteiger partial charge in [-0.05, 0) is 47.5 Å². The van der Waals surface area contributed by atoms with Crippen LogP contribution in [-0.2, 0) is 12.8 Å². The number of carbonyl (C=O) groups is 1. The Balaban J connectivity index is 0.00000200. The first-order valence-electron chi connectivity index (χ1n) is 6.39. The van der Waals surface area contributed by atoms with Gasteiger partial charge in [-0.3, -0.25) is 4.79 Å². The normalized spacial score (nSPS) is 9.85. The number of anilines is 1. The Morgan fingerprint density at radius 2 is 1.95 bits per heavy atom. The number of rotatable bonds is 5. The molecule has 5 heteroatoms. The molecule has 2 rings (SSSR count). The molecule has 0 aliphatic heterocycles. The first-order valence-corrected chi connectivity index (χ1v) is 7.27. The molecule has 2 aromatic rings. The lowest BCUT2D eigenvalue weighted by Gasteiger charge is -2.06. The molecule has 0 saturated heterocycles. The van der Waals surface area contributed by atoms with E-state index in [-0.39, 0.29) is 18.3 Å². The van der Waals surface area contributed by atoms with Gasteiger partial charge in [0.05, 0.1) is 4.88 Å². The summed E-state index contributed by atoms with van der Waals surface area (Å²) < 4.78 is 0. The molecule has 1 amide bonds. The van der Waals surface area contributed by atoms with Gasteiger partial charge < -0.3 is 11.1 Å². The van der Waals surface area contributed by atoms with Crippen LogP contribution in [-0.4, -0.2) is 12.5 Å². The second kappa shape index (κ2) is 7.92. The Morgan fingerprint density at radius 1 is 1.25 bits per heavy atom. The zero-order valence-corrected chi connectivity index (χ0v) is 13.0. The molecule has 0 saturated carbocycles. The first-order chi connectivity index (χ1) is 9.20. The SMILES string of the molecule is CCc1ccsc1C(=O)NCCc1ccc(N)cc1.Cl. The standard InChI is InChI=1S/C15H18N2OS.ClH/c1-2-12-8-10-19-14(12)15(18)17-9-7-11-3-5-13(16)6-4-11;/h3-6,8,10H,2,7,9,16H2,1H3,(H,17,18);1H. The predicted octanol–water partition coefficient (Wildman–Crippen LogP) is 3.29. The lowest BCUT2D eigenvalue weighted by molar-refractivity contribution is 0.0957. The summed E-state index contributed by atoms with van der Waals surface area (Å²) in [5, 5.41) is 4.93. The van der Waals surface area contributed by atoms with E-state index in [1.54, 1.807) is 0 Å². The van der Waals surface area contributed by atoms with Gasteiger partial charge in [0.15, 0.2) is 0 Å². The highest BCUT2D eigenvalue weighted by atomic mass is 35.5. The van der Waals surface area contributed by atoms with Gasteiger partial charge in [-0.25, -0.2) is 0 Å². The number of carbonyl (C=O) groups excluding carboxylic acids is 1. The van der Waals surface area contributed by atoms with E-state index in [1.165, 1.54) is 16.9 Å². The van der Waals surface area contributed by atoms with Gasteiger partial charge in [-0.1, -0.05) is 19.1 Å². The zero-order valence-electron chi connectivity index (χ0n) is 11.4. The van der Waals surface area contributed by atoms with Crippen molar-refractivity contribution in [2.45, 2.75) is 19.8 Å². The number of halogens is 1. The van der Waals surface area contributed by atoms with Crippen molar-refractivity contribution in [1.29, 1.82) is 0 Å².